The molecule has 0 saturated carbocycles. The van der Waals surface area contributed by atoms with E-state index < -0.39 is 28.0 Å². The normalized spacial score (nSPS) is 15.0. The lowest BCUT2D eigenvalue weighted by Crippen LogP contribution is -2.44. The summed E-state index contributed by atoms with van der Waals surface area (Å²) in [5.41, 5.74) is 0.739. The lowest BCUT2D eigenvalue weighted by molar-refractivity contribution is -0.192. The number of rotatable bonds is 7. The van der Waals surface area contributed by atoms with E-state index in [1.54, 1.807) is 17.0 Å². The number of aliphatic carboxylic acids is 1. The lowest BCUT2D eigenvalue weighted by Gasteiger charge is -2.32. The second kappa shape index (κ2) is 13.4. The minimum atomic E-state index is -5.08. The Morgan fingerprint density at radius 2 is 1.54 bits per heavy atom. The molecule has 3 N–H and O–H groups in total. The summed E-state index contributed by atoms with van der Waals surface area (Å²) in [4.78, 5) is 35.6. The first kappa shape index (κ1) is 31.5. The fourth-order valence-corrected chi connectivity index (χ4v) is 4.56. The summed E-state index contributed by atoms with van der Waals surface area (Å²) in [6.07, 6.45) is -2.98. The van der Waals surface area contributed by atoms with Gasteiger partial charge in [0.2, 0.25) is 5.91 Å². The number of nitrogens with zero attached hydrogens (tertiary/aromatic N) is 1. The predicted octanol–water partition coefficient (Wildman–Crippen LogP) is 4.03. The van der Waals surface area contributed by atoms with Crippen LogP contribution in [0, 0.1) is 11.7 Å². The fourth-order valence-electron chi connectivity index (χ4n) is 3.50. The standard InChI is InChI=1S/C23H28FN3O4S.C2HF3O2/c1-3-16(2)25-22(28)17-12-14-27(15-13-17)23(29)18-4-8-20(9-5-18)26-32(30,31)21-10-6-19(24)7-11-21;3-2(4,5)1(6)7/h4-11,16-17,26H,3,12-15H2,1-2H3,(H,25,28);(H,6,7). The number of hydrogen-bond donors (Lipinski definition) is 3. The molecule has 1 aliphatic rings. The Bertz CT molecular complexity index is 1240. The van der Waals surface area contributed by atoms with E-state index in [1.165, 1.54) is 24.3 Å². The van der Waals surface area contributed by atoms with Crippen molar-refractivity contribution in [2.45, 2.75) is 50.2 Å². The van der Waals surface area contributed by atoms with E-state index in [9.17, 15) is 35.6 Å². The van der Waals surface area contributed by atoms with Gasteiger partial charge in [0.15, 0.2) is 0 Å². The number of sulfonamides is 1. The van der Waals surface area contributed by atoms with Gasteiger partial charge in [0, 0.05) is 36.3 Å². The smallest absolute Gasteiger partial charge is 0.475 e. The quantitative estimate of drug-likeness (QED) is 0.427. The van der Waals surface area contributed by atoms with Crippen molar-refractivity contribution in [3.8, 4) is 0 Å². The zero-order valence-electron chi connectivity index (χ0n) is 21.2. The first-order valence-corrected chi connectivity index (χ1v) is 13.4. The predicted molar refractivity (Wildman–Crippen MR) is 134 cm³/mol. The number of piperidine rings is 1. The molecule has 1 heterocycles. The van der Waals surface area contributed by atoms with Crippen LogP contribution in [0.2, 0.25) is 0 Å². The third-order valence-corrected chi connectivity index (χ3v) is 7.30. The van der Waals surface area contributed by atoms with Crippen LogP contribution in [0.4, 0.5) is 23.2 Å². The van der Waals surface area contributed by atoms with Crippen molar-refractivity contribution < 1.29 is 45.5 Å². The molecule has 1 fully saturated rings. The maximum atomic E-state index is 13.0. The number of carboxylic acid groups (broad SMARTS) is 1. The number of amides is 2. The summed E-state index contributed by atoms with van der Waals surface area (Å²) < 4.78 is 72.0. The number of carbonyl (C=O) groups excluding carboxylic acids is 2. The van der Waals surface area contributed by atoms with Crippen LogP contribution in [0.3, 0.4) is 0 Å². The highest BCUT2D eigenvalue weighted by Crippen LogP contribution is 2.22. The molecule has 1 aliphatic heterocycles. The van der Waals surface area contributed by atoms with Gasteiger partial charge in [0.05, 0.1) is 4.90 Å². The van der Waals surface area contributed by atoms with Crippen molar-refractivity contribution in [1.82, 2.24) is 10.2 Å². The monoisotopic (exact) mass is 575 g/mol. The average Bonchev–Trinajstić information content (AvgIpc) is 2.88. The first-order valence-electron chi connectivity index (χ1n) is 11.9. The lowest BCUT2D eigenvalue weighted by atomic mass is 9.95. The maximum Gasteiger partial charge on any atom is 0.490 e. The number of benzene rings is 2. The van der Waals surface area contributed by atoms with Crippen LogP contribution >= 0.6 is 0 Å². The third-order valence-electron chi connectivity index (χ3n) is 5.90. The summed E-state index contributed by atoms with van der Waals surface area (Å²) in [5.74, 6) is -3.47. The van der Waals surface area contributed by atoms with E-state index in [4.69, 9.17) is 9.90 Å². The number of nitrogens with one attached hydrogen (secondary N) is 2. The molecule has 39 heavy (non-hydrogen) atoms. The van der Waals surface area contributed by atoms with E-state index in [1.807, 2.05) is 13.8 Å². The second-order valence-corrected chi connectivity index (χ2v) is 10.5. The van der Waals surface area contributed by atoms with Gasteiger partial charge in [-0.1, -0.05) is 6.92 Å². The number of alkyl halides is 3. The van der Waals surface area contributed by atoms with Gasteiger partial charge in [-0.05, 0) is 74.7 Å². The Hall–Kier alpha value is -3.68. The van der Waals surface area contributed by atoms with Crippen LogP contribution in [0.5, 0.6) is 0 Å². The molecule has 2 aromatic rings. The maximum absolute atomic E-state index is 13.0. The zero-order chi connectivity index (χ0) is 29.4. The third kappa shape index (κ3) is 9.53. The first-order chi connectivity index (χ1) is 18.1. The van der Waals surface area contributed by atoms with Gasteiger partial charge < -0.3 is 15.3 Å². The van der Waals surface area contributed by atoms with Crippen LogP contribution < -0.4 is 10.0 Å². The largest absolute Gasteiger partial charge is 0.490 e. The summed E-state index contributed by atoms with van der Waals surface area (Å²) >= 11 is 0. The minimum absolute atomic E-state index is 0.0456. The molecule has 1 unspecified atom stereocenters. The van der Waals surface area contributed by atoms with E-state index in [2.05, 4.69) is 10.0 Å². The van der Waals surface area contributed by atoms with Gasteiger partial charge in [0.1, 0.15) is 5.82 Å². The zero-order valence-corrected chi connectivity index (χ0v) is 22.0. The van der Waals surface area contributed by atoms with Crippen molar-refractivity contribution in [3.63, 3.8) is 0 Å². The molecule has 0 aromatic heterocycles. The molecule has 1 saturated heterocycles. The van der Waals surface area contributed by atoms with Crippen LogP contribution in [0.25, 0.3) is 0 Å². The number of likely N-dealkylation sites (tertiary alicyclic amines) is 1. The van der Waals surface area contributed by atoms with Gasteiger partial charge in [-0.2, -0.15) is 13.2 Å². The molecule has 14 heteroatoms. The highest BCUT2D eigenvalue weighted by Gasteiger charge is 2.38. The summed E-state index contributed by atoms with van der Waals surface area (Å²) in [7, 11) is -3.86. The summed E-state index contributed by atoms with van der Waals surface area (Å²) in [6.45, 7) is 4.98. The van der Waals surface area contributed by atoms with Gasteiger partial charge >= 0.3 is 12.1 Å². The van der Waals surface area contributed by atoms with Crippen LogP contribution in [0.15, 0.2) is 53.4 Å². The van der Waals surface area contributed by atoms with Gasteiger partial charge in [-0.25, -0.2) is 17.6 Å². The second-order valence-electron chi connectivity index (χ2n) is 8.82. The van der Waals surface area contributed by atoms with E-state index >= 15 is 0 Å². The number of anilines is 1. The molecular weight excluding hydrogens is 546 g/mol. The Kier molecular flexibility index (Phi) is 10.8. The summed E-state index contributed by atoms with van der Waals surface area (Å²) in [6, 6.07) is 10.8. The SMILES string of the molecule is CCC(C)NC(=O)C1CCN(C(=O)c2ccc(NS(=O)(=O)c3ccc(F)cc3)cc2)CC1.O=C(O)C(F)(F)F. The fraction of sp³-hybridized carbons (Fsp3) is 0.400. The minimum Gasteiger partial charge on any atom is -0.475 e. The molecule has 2 amide bonds. The Labute approximate surface area is 223 Å². The van der Waals surface area contributed by atoms with Gasteiger partial charge in [0.25, 0.3) is 15.9 Å². The van der Waals surface area contributed by atoms with E-state index in [-0.39, 0.29) is 28.7 Å². The molecule has 3 rings (SSSR count). The van der Waals surface area contributed by atoms with Gasteiger partial charge in [-0.15, -0.1) is 0 Å². The summed E-state index contributed by atoms with van der Waals surface area (Å²) in [5, 5.41) is 10.1. The Morgan fingerprint density at radius 3 is 2.00 bits per heavy atom. The number of halogens is 4. The molecular formula is C25H29F4N3O6S. The van der Waals surface area contributed by atoms with E-state index in [0.29, 0.717) is 37.2 Å². The number of carboxylic acids is 1. The molecule has 1 atom stereocenters. The van der Waals surface area contributed by atoms with Crippen LogP contribution in [-0.4, -0.2) is 61.5 Å². The van der Waals surface area contributed by atoms with Crippen molar-refractivity contribution in [3.05, 3.63) is 59.9 Å². The topological polar surface area (TPSA) is 133 Å². The molecule has 9 nitrogen and oxygen atoms in total. The van der Waals surface area contributed by atoms with Crippen LogP contribution in [-0.2, 0) is 19.6 Å². The van der Waals surface area contributed by atoms with E-state index in [0.717, 1.165) is 18.6 Å². The average molecular weight is 576 g/mol. The molecule has 2 aromatic carbocycles. The van der Waals surface area contributed by atoms with Crippen molar-refractivity contribution in [2.24, 2.45) is 5.92 Å². The highest BCUT2D eigenvalue weighted by atomic mass is 32.2. The highest BCUT2D eigenvalue weighted by molar-refractivity contribution is 7.92. The molecule has 0 aliphatic carbocycles. The number of hydrogen-bond acceptors (Lipinski definition) is 5. The molecule has 0 spiro atoms. The number of carbonyl (C=O) groups is 3. The molecule has 0 radical (unpaired) electrons. The molecule has 0 bridgehead atoms. The van der Waals surface area contributed by atoms with Gasteiger partial charge in [-0.3, -0.25) is 14.3 Å². The van der Waals surface area contributed by atoms with Crippen molar-refractivity contribution in [2.75, 3.05) is 17.8 Å². The Morgan fingerprint density at radius 1 is 1.03 bits per heavy atom. The van der Waals surface area contributed by atoms with Crippen molar-refractivity contribution >= 4 is 33.5 Å². The molecule has 214 valence electrons. The van der Waals surface area contributed by atoms with Crippen LogP contribution in [0.1, 0.15) is 43.5 Å². The Balaban J connectivity index is 0.000000673. The van der Waals surface area contributed by atoms with Crippen molar-refractivity contribution in [1.29, 1.82) is 0 Å².